The van der Waals surface area contributed by atoms with Crippen LogP contribution in [0, 0.1) is 0 Å². The Morgan fingerprint density at radius 3 is 1.36 bits per heavy atom. The van der Waals surface area contributed by atoms with Crippen molar-refractivity contribution in [2.45, 2.75) is 217 Å². The van der Waals surface area contributed by atoms with Crippen LogP contribution in [0.1, 0.15) is 174 Å². The highest BCUT2D eigenvalue weighted by Crippen LogP contribution is 2.47. The Labute approximate surface area is 385 Å². The van der Waals surface area contributed by atoms with Gasteiger partial charge in [-0.1, -0.05) is 157 Å². The van der Waals surface area contributed by atoms with Gasteiger partial charge in [-0.15, -0.1) is 0 Å². The number of ether oxygens (including phenoxy) is 2. The third-order valence-electron chi connectivity index (χ3n) is 10.8. The summed E-state index contributed by atoms with van der Waals surface area (Å²) in [5.74, 6) is -1.13. The lowest BCUT2D eigenvalue weighted by Crippen LogP contribution is -2.64. The van der Waals surface area contributed by atoms with Crippen LogP contribution in [0.4, 0.5) is 0 Å². The third kappa shape index (κ3) is 31.2. The fourth-order valence-electron chi connectivity index (χ4n) is 6.88. The number of hydrogen-bond acceptors (Lipinski definition) is 12. The predicted molar refractivity (Wildman–Crippen MR) is 253 cm³/mol. The number of esters is 2. The Bertz CT molecular complexity index is 1390. The molecule has 13 nitrogen and oxygen atoms in total. The van der Waals surface area contributed by atoms with Gasteiger partial charge in [0.05, 0.1) is 6.61 Å². The molecule has 1 fully saturated rings. The molecule has 0 saturated heterocycles. The quantitative estimate of drug-likeness (QED) is 0.0147. The molecule has 1 aliphatic rings. The van der Waals surface area contributed by atoms with Crippen molar-refractivity contribution in [2.24, 2.45) is 0 Å². The fourth-order valence-corrected chi connectivity index (χ4v) is 7.85. The number of aliphatic hydroxyl groups is 5. The molecule has 0 aliphatic heterocycles. The molecule has 1 aliphatic carbocycles. The summed E-state index contributed by atoms with van der Waals surface area (Å²) >= 11 is 0. The molecule has 0 aromatic carbocycles. The standard InChI is InChI=1S/C50H85O13P/c1-3-5-7-9-11-13-15-17-19-20-21-22-23-24-25-27-29-31-33-35-37-39-44(52)62-42(41-61-64(58,59)63-50-48(56)46(54)45(53)47(55)49(50)57)40-60-43(51)38-36-34-32-30-28-26-18-16-14-12-10-8-6-4-2/h5,7,10-13,16-19,21-22,42,45-50,53-57H,3-4,6,8-9,14-15,20,23-41H2,1-2H3,(H,58,59)/b7-5-,12-10-,13-11-,18-16-,19-17-,22-21-. The highest BCUT2D eigenvalue weighted by Gasteiger charge is 2.51. The molecule has 6 N–H and O–H groups in total. The van der Waals surface area contributed by atoms with Crippen LogP contribution in [-0.4, -0.2) is 98.3 Å². The minimum atomic E-state index is -5.13. The Balaban J connectivity index is 2.44. The summed E-state index contributed by atoms with van der Waals surface area (Å²) in [6.45, 7) is 3.13. The van der Waals surface area contributed by atoms with Crippen molar-refractivity contribution in [3.8, 4) is 0 Å². The molecule has 0 heterocycles. The number of rotatable bonds is 39. The van der Waals surface area contributed by atoms with Gasteiger partial charge < -0.3 is 39.9 Å². The second kappa shape index (κ2) is 39.5. The predicted octanol–water partition coefficient (Wildman–Crippen LogP) is 9.89. The van der Waals surface area contributed by atoms with Gasteiger partial charge in [0.15, 0.2) is 6.10 Å². The highest BCUT2D eigenvalue weighted by molar-refractivity contribution is 7.47. The lowest BCUT2D eigenvalue weighted by Gasteiger charge is -2.41. The molecule has 1 rings (SSSR count). The third-order valence-corrected chi connectivity index (χ3v) is 11.8. The van der Waals surface area contributed by atoms with Crippen molar-refractivity contribution in [3.05, 3.63) is 72.9 Å². The molecular weight excluding hydrogens is 840 g/mol. The number of hydrogen-bond donors (Lipinski definition) is 6. The van der Waals surface area contributed by atoms with E-state index >= 15 is 0 Å². The van der Waals surface area contributed by atoms with E-state index in [9.17, 15) is 44.6 Å². The Hall–Kier alpha value is -2.71. The molecule has 0 spiro atoms. The molecule has 1 saturated carbocycles. The number of carbonyl (C=O) groups is 2. The van der Waals surface area contributed by atoms with Crippen LogP contribution >= 0.6 is 7.82 Å². The zero-order valence-electron chi connectivity index (χ0n) is 39.0. The topological polar surface area (TPSA) is 210 Å². The average molecular weight is 925 g/mol. The Kier molecular flexibility index (Phi) is 36.6. The zero-order valence-corrected chi connectivity index (χ0v) is 39.9. The first-order valence-corrected chi connectivity index (χ1v) is 25.7. The molecule has 6 atom stereocenters. The van der Waals surface area contributed by atoms with Crippen molar-refractivity contribution in [2.75, 3.05) is 13.2 Å². The van der Waals surface area contributed by atoms with Gasteiger partial charge in [-0.2, -0.15) is 0 Å². The lowest BCUT2D eigenvalue weighted by atomic mass is 9.85. The number of phosphoric ester groups is 1. The molecule has 0 aromatic rings. The van der Waals surface area contributed by atoms with Crippen molar-refractivity contribution >= 4 is 19.8 Å². The van der Waals surface area contributed by atoms with Crippen LogP contribution in [-0.2, 0) is 32.7 Å². The minimum Gasteiger partial charge on any atom is -0.462 e. The second-order valence-electron chi connectivity index (χ2n) is 16.6. The van der Waals surface area contributed by atoms with E-state index < -0.39 is 75.7 Å². The average Bonchev–Trinajstić information content (AvgIpc) is 3.28. The van der Waals surface area contributed by atoms with Crippen molar-refractivity contribution in [1.29, 1.82) is 0 Å². The monoisotopic (exact) mass is 925 g/mol. The van der Waals surface area contributed by atoms with E-state index in [-0.39, 0.29) is 12.8 Å². The molecule has 6 unspecified atom stereocenters. The molecule has 0 radical (unpaired) electrons. The Morgan fingerprint density at radius 1 is 0.500 bits per heavy atom. The summed E-state index contributed by atoms with van der Waals surface area (Å²) < 4.78 is 33.6. The van der Waals surface area contributed by atoms with E-state index in [2.05, 4.69) is 86.8 Å². The molecule has 0 aromatic heterocycles. The number of carbonyl (C=O) groups excluding carboxylic acids is 2. The summed E-state index contributed by atoms with van der Waals surface area (Å²) in [6.07, 6.45) is 36.6. The van der Waals surface area contributed by atoms with Gasteiger partial charge in [0.25, 0.3) is 0 Å². The number of aliphatic hydroxyl groups excluding tert-OH is 5. The highest BCUT2D eigenvalue weighted by atomic mass is 31.2. The van der Waals surface area contributed by atoms with E-state index in [1.165, 1.54) is 19.3 Å². The second-order valence-corrected chi connectivity index (χ2v) is 18.0. The molecule has 368 valence electrons. The summed E-state index contributed by atoms with van der Waals surface area (Å²) in [5, 5.41) is 50.2. The van der Waals surface area contributed by atoms with Gasteiger partial charge in [-0.25, -0.2) is 4.57 Å². The van der Waals surface area contributed by atoms with Crippen LogP contribution in [0.25, 0.3) is 0 Å². The van der Waals surface area contributed by atoms with Crippen LogP contribution < -0.4 is 0 Å². The van der Waals surface area contributed by atoms with Crippen LogP contribution in [0.15, 0.2) is 72.9 Å². The number of phosphoric acid groups is 1. The van der Waals surface area contributed by atoms with Crippen molar-refractivity contribution < 1.29 is 63.1 Å². The Morgan fingerprint density at radius 2 is 0.891 bits per heavy atom. The number of allylic oxidation sites excluding steroid dienone is 12. The molecular formula is C50H85O13P. The molecule has 0 amide bonds. The first kappa shape index (κ1) is 59.3. The summed E-state index contributed by atoms with van der Waals surface area (Å²) in [4.78, 5) is 35.8. The van der Waals surface area contributed by atoms with Gasteiger partial charge in [0.2, 0.25) is 0 Å². The largest absolute Gasteiger partial charge is 0.472 e. The van der Waals surface area contributed by atoms with E-state index in [0.29, 0.717) is 12.8 Å². The van der Waals surface area contributed by atoms with Gasteiger partial charge in [0.1, 0.15) is 43.2 Å². The summed E-state index contributed by atoms with van der Waals surface area (Å²) in [7, 11) is -5.13. The summed E-state index contributed by atoms with van der Waals surface area (Å²) in [6, 6.07) is 0. The maximum Gasteiger partial charge on any atom is 0.472 e. The fraction of sp³-hybridized carbons (Fsp3) is 0.720. The zero-order chi connectivity index (χ0) is 47.1. The van der Waals surface area contributed by atoms with Crippen molar-refractivity contribution in [3.63, 3.8) is 0 Å². The first-order chi connectivity index (χ1) is 30.9. The van der Waals surface area contributed by atoms with Gasteiger partial charge in [-0.3, -0.25) is 18.6 Å². The van der Waals surface area contributed by atoms with Crippen LogP contribution in [0.3, 0.4) is 0 Å². The van der Waals surface area contributed by atoms with E-state index in [4.69, 9.17) is 18.5 Å². The maximum absolute atomic E-state index is 12.8. The lowest BCUT2D eigenvalue weighted by molar-refractivity contribution is -0.220. The van der Waals surface area contributed by atoms with E-state index in [0.717, 1.165) is 116 Å². The SMILES string of the molecule is CC/C=C\C/C=C\C/C=C\C/C=C\CCCCCCCCCCC(=O)OC(COC(=O)CCCCCCC/C=C\C/C=C\CCCC)COP(=O)(O)OC1C(O)C(O)C(O)C(O)C1O. The van der Waals surface area contributed by atoms with Crippen LogP contribution in [0.2, 0.25) is 0 Å². The van der Waals surface area contributed by atoms with Crippen molar-refractivity contribution in [1.82, 2.24) is 0 Å². The van der Waals surface area contributed by atoms with Gasteiger partial charge in [0, 0.05) is 12.8 Å². The van der Waals surface area contributed by atoms with Crippen LogP contribution in [0.5, 0.6) is 0 Å². The minimum absolute atomic E-state index is 0.0804. The normalized spacial score (nSPS) is 22.2. The molecule has 64 heavy (non-hydrogen) atoms. The summed E-state index contributed by atoms with van der Waals surface area (Å²) in [5.41, 5.74) is 0. The maximum atomic E-state index is 12.8. The molecule has 14 heteroatoms. The van der Waals surface area contributed by atoms with Gasteiger partial charge in [-0.05, 0) is 77.0 Å². The van der Waals surface area contributed by atoms with E-state index in [1.807, 2.05) is 0 Å². The van der Waals surface area contributed by atoms with Gasteiger partial charge >= 0.3 is 19.8 Å². The van der Waals surface area contributed by atoms with E-state index in [1.54, 1.807) is 0 Å². The molecule has 0 bridgehead atoms. The smallest absolute Gasteiger partial charge is 0.462 e. The first-order valence-electron chi connectivity index (χ1n) is 24.2. The number of unbranched alkanes of at least 4 members (excludes halogenated alkanes) is 15.